The van der Waals surface area contributed by atoms with Crippen LogP contribution in [0.4, 0.5) is 11.5 Å². The summed E-state index contributed by atoms with van der Waals surface area (Å²) >= 11 is 0. The molecule has 1 aliphatic rings. The highest BCUT2D eigenvalue weighted by Crippen LogP contribution is 2.17. The van der Waals surface area contributed by atoms with E-state index in [0.717, 1.165) is 32.7 Å². The van der Waals surface area contributed by atoms with E-state index in [1.54, 1.807) is 0 Å². The molecule has 1 aromatic heterocycles. The van der Waals surface area contributed by atoms with Gasteiger partial charge in [0, 0.05) is 45.3 Å². The lowest BCUT2D eigenvalue weighted by Gasteiger charge is -2.32. The minimum absolute atomic E-state index is 0.170. The summed E-state index contributed by atoms with van der Waals surface area (Å²) in [7, 11) is 2.11. The van der Waals surface area contributed by atoms with Crippen molar-refractivity contribution in [2.24, 2.45) is 0 Å². The SMILES string of the molecule is CN1CCN(CCNc2ncc([N+](=O)[O-])cc2C#N)CC1. The van der Waals surface area contributed by atoms with Crippen LogP contribution in [-0.4, -0.2) is 66.0 Å². The predicted octanol–water partition coefficient (Wildman–Crippen LogP) is 0.521. The molecule has 1 fully saturated rings. The lowest BCUT2D eigenvalue weighted by molar-refractivity contribution is -0.385. The highest BCUT2D eigenvalue weighted by molar-refractivity contribution is 5.55. The summed E-state index contributed by atoms with van der Waals surface area (Å²) in [4.78, 5) is 18.7. The molecule has 2 heterocycles. The zero-order chi connectivity index (χ0) is 15.2. The van der Waals surface area contributed by atoms with Crippen LogP contribution in [0.5, 0.6) is 0 Å². The number of piperazine rings is 1. The minimum atomic E-state index is -0.554. The summed E-state index contributed by atoms with van der Waals surface area (Å²) in [5, 5.41) is 22.8. The van der Waals surface area contributed by atoms with E-state index in [4.69, 9.17) is 5.26 Å². The minimum Gasteiger partial charge on any atom is -0.368 e. The fourth-order valence-corrected chi connectivity index (χ4v) is 2.18. The number of nitriles is 1. The first kappa shape index (κ1) is 15.2. The van der Waals surface area contributed by atoms with E-state index in [2.05, 4.69) is 27.1 Å². The maximum atomic E-state index is 10.7. The summed E-state index contributed by atoms with van der Waals surface area (Å²) in [6, 6.07) is 3.18. The van der Waals surface area contributed by atoms with Crippen LogP contribution < -0.4 is 5.32 Å². The molecule has 0 aliphatic carbocycles. The van der Waals surface area contributed by atoms with Crippen molar-refractivity contribution in [3.05, 3.63) is 27.9 Å². The van der Waals surface area contributed by atoms with Gasteiger partial charge in [-0.15, -0.1) is 0 Å². The zero-order valence-electron chi connectivity index (χ0n) is 11.9. The molecule has 8 nitrogen and oxygen atoms in total. The van der Waals surface area contributed by atoms with Gasteiger partial charge in [0.05, 0.1) is 4.92 Å². The van der Waals surface area contributed by atoms with Gasteiger partial charge in [-0.25, -0.2) is 4.98 Å². The van der Waals surface area contributed by atoms with Gasteiger partial charge in [-0.05, 0) is 7.05 Å². The number of rotatable bonds is 5. The number of nitrogens with one attached hydrogen (secondary N) is 1. The van der Waals surface area contributed by atoms with Gasteiger partial charge in [-0.2, -0.15) is 5.26 Å². The predicted molar refractivity (Wildman–Crippen MR) is 78.0 cm³/mol. The number of hydrogen-bond acceptors (Lipinski definition) is 7. The number of likely N-dealkylation sites (N-methyl/N-ethyl adjacent to an activating group) is 1. The molecule has 0 amide bonds. The second-order valence-electron chi connectivity index (χ2n) is 5.03. The molecule has 0 bridgehead atoms. The van der Waals surface area contributed by atoms with Crippen molar-refractivity contribution >= 4 is 11.5 Å². The van der Waals surface area contributed by atoms with Crippen molar-refractivity contribution < 1.29 is 4.92 Å². The summed E-state index contributed by atoms with van der Waals surface area (Å²) in [5.41, 5.74) is 0.0266. The average Bonchev–Trinajstić information content (AvgIpc) is 2.49. The Bertz CT molecular complexity index is 548. The summed E-state index contributed by atoms with van der Waals surface area (Å²) in [5.74, 6) is 0.400. The number of aromatic nitrogens is 1. The van der Waals surface area contributed by atoms with Crippen LogP contribution in [0.3, 0.4) is 0 Å². The van der Waals surface area contributed by atoms with Crippen LogP contribution in [0, 0.1) is 21.4 Å². The van der Waals surface area contributed by atoms with E-state index in [9.17, 15) is 10.1 Å². The number of pyridine rings is 1. The van der Waals surface area contributed by atoms with Crippen molar-refractivity contribution in [3.8, 4) is 6.07 Å². The molecule has 0 spiro atoms. The molecule has 1 saturated heterocycles. The molecule has 0 saturated carbocycles. The second kappa shape index (κ2) is 6.97. The largest absolute Gasteiger partial charge is 0.368 e. The molecule has 0 aromatic carbocycles. The third-order valence-corrected chi connectivity index (χ3v) is 3.52. The number of anilines is 1. The third kappa shape index (κ3) is 4.11. The first-order valence-corrected chi connectivity index (χ1v) is 6.79. The molecule has 1 N–H and O–H groups in total. The van der Waals surface area contributed by atoms with Crippen LogP contribution in [0.15, 0.2) is 12.3 Å². The van der Waals surface area contributed by atoms with E-state index in [-0.39, 0.29) is 11.3 Å². The first-order chi connectivity index (χ1) is 10.1. The standard InChI is InChI=1S/C13H18N6O2/c1-17-4-6-18(7-5-17)3-2-15-13-11(9-14)8-12(10-16-13)19(20)21/h8,10H,2-7H2,1H3,(H,15,16). The molecule has 2 rings (SSSR count). The van der Waals surface area contributed by atoms with Gasteiger partial charge in [0.25, 0.3) is 5.69 Å². The van der Waals surface area contributed by atoms with E-state index in [1.165, 1.54) is 12.3 Å². The van der Waals surface area contributed by atoms with Gasteiger partial charge in [0.1, 0.15) is 23.6 Å². The lowest BCUT2D eigenvalue weighted by Crippen LogP contribution is -2.45. The quantitative estimate of drug-likeness (QED) is 0.623. The monoisotopic (exact) mass is 290 g/mol. The number of nitrogens with zero attached hydrogens (tertiary/aromatic N) is 5. The Balaban J connectivity index is 1.88. The Morgan fingerprint density at radius 2 is 2.19 bits per heavy atom. The van der Waals surface area contributed by atoms with Gasteiger partial charge in [-0.3, -0.25) is 15.0 Å². The Morgan fingerprint density at radius 3 is 2.81 bits per heavy atom. The topological polar surface area (TPSA) is 98.3 Å². The Kier molecular flexibility index (Phi) is 5.03. The van der Waals surface area contributed by atoms with Gasteiger partial charge >= 0.3 is 0 Å². The van der Waals surface area contributed by atoms with Crippen molar-refractivity contribution in [2.45, 2.75) is 0 Å². The summed E-state index contributed by atoms with van der Waals surface area (Å²) in [6.45, 7) is 5.67. The maximum Gasteiger partial charge on any atom is 0.289 e. The van der Waals surface area contributed by atoms with Gasteiger partial charge in [-0.1, -0.05) is 0 Å². The Labute approximate surface area is 123 Å². The van der Waals surface area contributed by atoms with Crippen LogP contribution in [0.25, 0.3) is 0 Å². The molecule has 21 heavy (non-hydrogen) atoms. The molecule has 0 radical (unpaired) electrons. The molecular formula is C13H18N6O2. The second-order valence-corrected chi connectivity index (χ2v) is 5.03. The van der Waals surface area contributed by atoms with Crippen LogP contribution in [0.1, 0.15) is 5.56 Å². The van der Waals surface area contributed by atoms with Crippen LogP contribution >= 0.6 is 0 Å². The van der Waals surface area contributed by atoms with E-state index >= 15 is 0 Å². The fraction of sp³-hybridized carbons (Fsp3) is 0.538. The van der Waals surface area contributed by atoms with E-state index in [1.807, 2.05) is 6.07 Å². The molecule has 0 atom stereocenters. The summed E-state index contributed by atoms with van der Waals surface area (Å²) < 4.78 is 0. The van der Waals surface area contributed by atoms with Gasteiger partial charge in [0.2, 0.25) is 0 Å². The Hall–Kier alpha value is -2.24. The molecule has 0 unspecified atom stereocenters. The van der Waals surface area contributed by atoms with Gasteiger partial charge < -0.3 is 10.2 Å². The molecular weight excluding hydrogens is 272 g/mol. The third-order valence-electron chi connectivity index (χ3n) is 3.52. The summed E-state index contributed by atoms with van der Waals surface area (Å²) in [6.07, 6.45) is 1.17. The van der Waals surface area contributed by atoms with Crippen molar-refractivity contribution in [2.75, 3.05) is 51.6 Å². The van der Waals surface area contributed by atoms with Crippen molar-refractivity contribution in [1.82, 2.24) is 14.8 Å². The maximum absolute atomic E-state index is 10.7. The van der Waals surface area contributed by atoms with Crippen molar-refractivity contribution in [3.63, 3.8) is 0 Å². The van der Waals surface area contributed by atoms with Crippen molar-refractivity contribution in [1.29, 1.82) is 5.26 Å². The smallest absolute Gasteiger partial charge is 0.289 e. The zero-order valence-corrected chi connectivity index (χ0v) is 11.9. The molecule has 8 heteroatoms. The highest BCUT2D eigenvalue weighted by atomic mass is 16.6. The highest BCUT2D eigenvalue weighted by Gasteiger charge is 2.14. The van der Waals surface area contributed by atoms with Crippen LogP contribution in [0.2, 0.25) is 0 Å². The fourth-order valence-electron chi connectivity index (χ4n) is 2.18. The Morgan fingerprint density at radius 1 is 1.48 bits per heavy atom. The number of nitro groups is 1. The average molecular weight is 290 g/mol. The number of hydrogen-bond donors (Lipinski definition) is 1. The molecule has 1 aromatic rings. The molecule has 1 aliphatic heterocycles. The van der Waals surface area contributed by atoms with E-state index < -0.39 is 4.92 Å². The van der Waals surface area contributed by atoms with Gasteiger partial charge in [0.15, 0.2) is 0 Å². The molecule has 112 valence electrons. The van der Waals surface area contributed by atoms with Crippen LogP contribution in [-0.2, 0) is 0 Å². The van der Waals surface area contributed by atoms with E-state index in [0.29, 0.717) is 12.4 Å². The first-order valence-electron chi connectivity index (χ1n) is 6.79. The normalized spacial score (nSPS) is 16.4. The lowest BCUT2D eigenvalue weighted by atomic mass is 10.2.